The van der Waals surface area contributed by atoms with Gasteiger partial charge in [-0.3, -0.25) is 4.79 Å². The van der Waals surface area contributed by atoms with E-state index in [-0.39, 0.29) is 23.9 Å². The number of carbonyl (C=O) groups is 1. The second-order valence-corrected chi connectivity index (χ2v) is 6.37. The highest BCUT2D eigenvalue weighted by atomic mass is 16.1. The zero-order chi connectivity index (χ0) is 13.7. The van der Waals surface area contributed by atoms with Crippen molar-refractivity contribution in [1.29, 1.82) is 0 Å². The lowest BCUT2D eigenvalue weighted by molar-refractivity contribution is -0.127. The molecule has 0 aromatic heterocycles. The first-order chi connectivity index (χ1) is 9.20. The number of carbonyl (C=O) groups excluding carboxylic acids is 1. The van der Waals surface area contributed by atoms with Crippen molar-refractivity contribution in [3.63, 3.8) is 0 Å². The Bertz CT molecular complexity index is 289. The molecule has 5 N–H and O–H groups in total. The molecule has 2 saturated carbocycles. The van der Waals surface area contributed by atoms with Crippen LogP contribution in [0.15, 0.2) is 0 Å². The maximum absolute atomic E-state index is 12.3. The molecule has 0 bridgehead atoms. The van der Waals surface area contributed by atoms with Gasteiger partial charge in [-0.15, -0.1) is 0 Å². The van der Waals surface area contributed by atoms with Crippen molar-refractivity contribution >= 4 is 5.91 Å². The van der Waals surface area contributed by atoms with Gasteiger partial charge in [0.1, 0.15) is 0 Å². The van der Waals surface area contributed by atoms with Gasteiger partial charge in [0.15, 0.2) is 0 Å². The predicted octanol–water partition coefficient (Wildman–Crippen LogP) is 1.53. The number of nitrogens with one attached hydrogen (secondary N) is 1. The summed E-state index contributed by atoms with van der Waals surface area (Å²) in [4.78, 5) is 12.3. The molecule has 4 heteroatoms. The zero-order valence-corrected chi connectivity index (χ0v) is 11.9. The molecule has 2 rings (SSSR count). The monoisotopic (exact) mass is 267 g/mol. The molecule has 0 saturated heterocycles. The molecular weight excluding hydrogens is 238 g/mol. The van der Waals surface area contributed by atoms with Gasteiger partial charge in [-0.05, 0) is 38.0 Å². The molecule has 0 aromatic rings. The van der Waals surface area contributed by atoms with E-state index in [1.807, 2.05) is 0 Å². The fraction of sp³-hybridized carbons (Fsp3) is 0.933. The van der Waals surface area contributed by atoms with Gasteiger partial charge in [0.05, 0.1) is 0 Å². The first-order valence-corrected chi connectivity index (χ1v) is 7.96. The molecule has 2 aliphatic carbocycles. The summed E-state index contributed by atoms with van der Waals surface area (Å²) in [5.74, 6) is 0.887. The molecule has 0 heterocycles. The summed E-state index contributed by atoms with van der Waals surface area (Å²) in [6.45, 7) is 0.565. The van der Waals surface area contributed by atoms with E-state index in [9.17, 15) is 4.79 Å². The van der Waals surface area contributed by atoms with Crippen LogP contribution in [0.25, 0.3) is 0 Å². The minimum Gasteiger partial charge on any atom is -0.352 e. The van der Waals surface area contributed by atoms with Crippen LogP contribution in [0.4, 0.5) is 0 Å². The van der Waals surface area contributed by atoms with Crippen LogP contribution < -0.4 is 16.8 Å². The highest BCUT2D eigenvalue weighted by molar-refractivity contribution is 5.79. The number of amides is 1. The first-order valence-electron chi connectivity index (χ1n) is 7.96. The molecule has 19 heavy (non-hydrogen) atoms. The predicted molar refractivity (Wildman–Crippen MR) is 77.5 cm³/mol. The minimum absolute atomic E-state index is 0.112. The highest BCUT2D eigenvalue weighted by Gasteiger charge is 2.29. The molecule has 3 unspecified atom stereocenters. The van der Waals surface area contributed by atoms with E-state index < -0.39 is 0 Å². The molecule has 0 aromatic carbocycles. The van der Waals surface area contributed by atoms with Gasteiger partial charge in [-0.2, -0.15) is 0 Å². The highest BCUT2D eigenvalue weighted by Crippen LogP contribution is 2.27. The van der Waals surface area contributed by atoms with Crippen molar-refractivity contribution in [2.75, 3.05) is 6.54 Å². The van der Waals surface area contributed by atoms with Crippen molar-refractivity contribution in [2.24, 2.45) is 23.3 Å². The van der Waals surface area contributed by atoms with Gasteiger partial charge in [0, 0.05) is 24.5 Å². The third-order valence-electron chi connectivity index (χ3n) is 4.89. The van der Waals surface area contributed by atoms with E-state index in [0.717, 1.165) is 25.7 Å². The summed E-state index contributed by atoms with van der Waals surface area (Å²) in [5.41, 5.74) is 11.8. The molecule has 2 aliphatic rings. The minimum atomic E-state index is 0.112. The van der Waals surface area contributed by atoms with Crippen molar-refractivity contribution in [2.45, 2.75) is 69.9 Å². The fourth-order valence-corrected chi connectivity index (χ4v) is 3.67. The van der Waals surface area contributed by atoms with Gasteiger partial charge in [0.25, 0.3) is 0 Å². The molecule has 0 radical (unpaired) electrons. The maximum Gasteiger partial charge on any atom is 0.223 e. The Morgan fingerprint density at radius 3 is 2.47 bits per heavy atom. The van der Waals surface area contributed by atoms with Crippen molar-refractivity contribution < 1.29 is 4.79 Å². The summed E-state index contributed by atoms with van der Waals surface area (Å²) in [6, 6.07) is 0.376. The quantitative estimate of drug-likeness (QED) is 0.722. The summed E-state index contributed by atoms with van der Waals surface area (Å²) in [5, 5.41) is 3.21. The molecule has 1 amide bonds. The molecule has 0 spiro atoms. The summed E-state index contributed by atoms with van der Waals surface area (Å²) < 4.78 is 0. The Labute approximate surface area is 116 Å². The van der Waals surface area contributed by atoms with Gasteiger partial charge in [-0.1, -0.05) is 25.7 Å². The number of hydrogen-bond acceptors (Lipinski definition) is 3. The Balaban J connectivity index is 1.84. The van der Waals surface area contributed by atoms with Crippen LogP contribution in [0, 0.1) is 11.8 Å². The lowest BCUT2D eigenvalue weighted by atomic mass is 9.82. The molecule has 2 fully saturated rings. The van der Waals surface area contributed by atoms with E-state index in [0.29, 0.717) is 12.5 Å². The summed E-state index contributed by atoms with van der Waals surface area (Å²) in [6.07, 6.45) is 10.3. The van der Waals surface area contributed by atoms with Crippen molar-refractivity contribution in [3.05, 3.63) is 0 Å². The fourth-order valence-electron chi connectivity index (χ4n) is 3.67. The van der Waals surface area contributed by atoms with Crippen LogP contribution in [0.2, 0.25) is 0 Å². The number of rotatable bonds is 4. The molecular formula is C15H29N3O. The van der Waals surface area contributed by atoms with Crippen molar-refractivity contribution in [3.8, 4) is 0 Å². The SMILES string of the molecule is NCC(NC(=O)C1CCCC(N)C1)C1CCCCC1. The third kappa shape index (κ3) is 4.18. The third-order valence-corrected chi connectivity index (χ3v) is 4.89. The molecule has 4 nitrogen and oxygen atoms in total. The van der Waals surface area contributed by atoms with Gasteiger partial charge in [0.2, 0.25) is 5.91 Å². The van der Waals surface area contributed by atoms with E-state index in [1.165, 1.54) is 32.1 Å². The molecule has 110 valence electrons. The topological polar surface area (TPSA) is 81.1 Å². The second-order valence-electron chi connectivity index (χ2n) is 6.37. The van der Waals surface area contributed by atoms with Crippen LogP contribution in [-0.2, 0) is 4.79 Å². The van der Waals surface area contributed by atoms with Crippen LogP contribution >= 0.6 is 0 Å². The number of hydrogen-bond donors (Lipinski definition) is 3. The summed E-state index contributed by atoms with van der Waals surface area (Å²) >= 11 is 0. The van der Waals surface area contributed by atoms with E-state index >= 15 is 0 Å². The normalized spacial score (nSPS) is 30.8. The second kappa shape index (κ2) is 7.25. The van der Waals surface area contributed by atoms with Gasteiger partial charge in [-0.25, -0.2) is 0 Å². The summed E-state index contributed by atoms with van der Waals surface area (Å²) in [7, 11) is 0. The largest absolute Gasteiger partial charge is 0.352 e. The number of nitrogens with two attached hydrogens (primary N) is 2. The van der Waals surface area contributed by atoms with E-state index in [1.54, 1.807) is 0 Å². The van der Waals surface area contributed by atoms with E-state index in [2.05, 4.69) is 5.32 Å². The Hall–Kier alpha value is -0.610. The lowest BCUT2D eigenvalue weighted by Crippen LogP contribution is -2.49. The van der Waals surface area contributed by atoms with Crippen LogP contribution in [0.3, 0.4) is 0 Å². The zero-order valence-electron chi connectivity index (χ0n) is 11.9. The Kier molecular flexibility index (Phi) is 5.64. The van der Waals surface area contributed by atoms with Crippen LogP contribution in [-0.4, -0.2) is 24.5 Å². The smallest absolute Gasteiger partial charge is 0.223 e. The lowest BCUT2D eigenvalue weighted by Gasteiger charge is -2.32. The standard InChI is InChI=1S/C15H29N3O/c16-10-14(11-5-2-1-3-6-11)18-15(19)12-7-4-8-13(17)9-12/h11-14H,1-10,16-17H2,(H,18,19). The first kappa shape index (κ1) is 14.8. The Morgan fingerprint density at radius 1 is 1.11 bits per heavy atom. The van der Waals surface area contributed by atoms with Crippen LogP contribution in [0.1, 0.15) is 57.8 Å². The van der Waals surface area contributed by atoms with Crippen molar-refractivity contribution in [1.82, 2.24) is 5.32 Å². The molecule has 3 atom stereocenters. The van der Waals surface area contributed by atoms with E-state index in [4.69, 9.17) is 11.5 Å². The average molecular weight is 267 g/mol. The Morgan fingerprint density at radius 2 is 1.84 bits per heavy atom. The molecule has 0 aliphatic heterocycles. The van der Waals surface area contributed by atoms with Gasteiger partial charge >= 0.3 is 0 Å². The van der Waals surface area contributed by atoms with Crippen LogP contribution in [0.5, 0.6) is 0 Å². The maximum atomic E-state index is 12.3. The van der Waals surface area contributed by atoms with Gasteiger partial charge < -0.3 is 16.8 Å². The average Bonchev–Trinajstić information content (AvgIpc) is 2.45.